The van der Waals surface area contributed by atoms with Crippen LogP contribution in [0, 0.1) is 0 Å². The van der Waals surface area contributed by atoms with Gasteiger partial charge in [0.15, 0.2) is 7.38 Å². The molecule has 0 heterocycles. The van der Waals surface area contributed by atoms with Crippen LogP contribution in [0.1, 0.15) is 26.7 Å². The zero-order valence-electron chi connectivity index (χ0n) is 8.21. The summed E-state index contributed by atoms with van der Waals surface area (Å²) >= 11 is 6.17. The average molecular weight is 233 g/mol. The molecule has 0 saturated heterocycles. The van der Waals surface area contributed by atoms with E-state index in [0.717, 1.165) is 6.04 Å². The van der Waals surface area contributed by atoms with Crippen molar-refractivity contribution in [3.05, 3.63) is 0 Å². The highest BCUT2D eigenvalue weighted by atomic mass is 35.6. The van der Waals surface area contributed by atoms with Crippen LogP contribution in [0.5, 0.6) is 0 Å². The molecular formula is C8H16ClF3Si. The van der Waals surface area contributed by atoms with Crippen molar-refractivity contribution in [3.63, 3.8) is 0 Å². The molecule has 0 radical (unpaired) electrons. The first-order valence-electron chi connectivity index (χ1n) is 4.44. The number of hydrogen-bond acceptors (Lipinski definition) is 0. The van der Waals surface area contributed by atoms with Crippen molar-refractivity contribution >= 4 is 18.5 Å². The molecule has 0 aliphatic rings. The van der Waals surface area contributed by atoms with Crippen molar-refractivity contribution in [3.8, 4) is 0 Å². The van der Waals surface area contributed by atoms with E-state index in [4.69, 9.17) is 11.1 Å². The quantitative estimate of drug-likeness (QED) is 0.493. The van der Waals surface area contributed by atoms with Crippen molar-refractivity contribution in [2.45, 2.75) is 51.0 Å². The van der Waals surface area contributed by atoms with E-state index < -0.39 is 20.0 Å². The largest absolute Gasteiger partial charge is 0.389 e. The van der Waals surface area contributed by atoms with Gasteiger partial charge in [-0.2, -0.15) is 24.3 Å². The van der Waals surface area contributed by atoms with Gasteiger partial charge in [-0.25, -0.2) is 0 Å². The molecule has 0 aromatic carbocycles. The van der Waals surface area contributed by atoms with Gasteiger partial charge in [0.1, 0.15) is 0 Å². The second-order valence-electron chi connectivity index (χ2n) is 3.69. The lowest BCUT2D eigenvalue weighted by atomic mass is 10.2. The Morgan fingerprint density at radius 2 is 1.85 bits per heavy atom. The third-order valence-electron chi connectivity index (χ3n) is 2.58. The maximum atomic E-state index is 11.9. The van der Waals surface area contributed by atoms with Gasteiger partial charge in [0.05, 0.1) is 0 Å². The summed E-state index contributed by atoms with van der Waals surface area (Å²) in [4.78, 5) is 0. The van der Waals surface area contributed by atoms with Crippen LogP contribution in [0.4, 0.5) is 13.2 Å². The highest BCUT2D eigenvalue weighted by molar-refractivity contribution is 7.20. The topological polar surface area (TPSA) is 0 Å². The molecular weight excluding hydrogens is 217 g/mol. The molecule has 2 atom stereocenters. The van der Waals surface area contributed by atoms with Gasteiger partial charge in [0.25, 0.3) is 0 Å². The summed E-state index contributed by atoms with van der Waals surface area (Å²) in [5.41, 5.74) is 0.0285. The Hall–Kier alpha value is 0.297. The molecule has 0 aliphatic carbocycles. The molecule has 0 bridgehead atoms. The van der Waals surface area contributed by atoms with Crippen LogP contribution < -0.4 is 0 Å². The van der Waals surface area contributed by atoms with Crippen LogP contribution in [0.2, 0.25) is 18.1 Å². The monoisotopic (exact) mass is 232 g/mol. The summed E-state index contributed by atoms with van der Waals surface area (Å²) in [5.74, 6) is 0. The maximum Gasteiger partial charge on any atom is 0.389 e. The van der Waals surface area contributed by atoms with Crippen LogP contribution in [0.15, 0.2) is 0 Å². The molecule has 0 rings (SSSR count). The van der Waals surface area contributed by atoms with E-state index in [1.54, 1.807) is 0 Å². The minimum absolute atomic E-state index is 0.0285. The fraction of sp³-hybridized carbons (Fsp3) is 1.00. The van der Waals surface area contributed by atoms with Gasteiger partial charge in [-0.05, 0) is 18.0 Å². The first-order valence-corrected chi connectivity index (χ1v) is 8.24. The van der Waals surface area contributed by atoms with Crippen LogP contribution in [0.3, 0.4) is 0 Å². The van der Waals surface area contributed by atoms with Crippen LogP contribution >= 0.6 is 11.1 Å². The van der Waals surface area contributed by atoms with E-state index in [2.05, 4.69) is 0 Å². The minimum Gasteiger partial charge on any atom is -0.171 e. The SMILES string of the molecule is CC[Si](C)(Cl)C(C)CCC(F)(F)F. The molecule has 0 fully saturated rings. The fourth-order valence-electron chi connectivity index (χ4n) is 1.03. The smallest absolute Gasteiger partial charge is 0.171 e. The third kappa shape index (κ3) is 5.57. The van der Waals surface area contributed by atoms with E-state index in [0.29, 0.717) is 0 Å². The van der Waals surface area contributed by atoms with Gasteiger partial charge in [0, 0.05) is 6.42 Å². The van der Waals surface area contributed by atoms with Crippen molar-refractivity contribution in [1.82, 2.24) is 0 Å². The first kappa shape index (κ1) is 13.3. The molecule has 0 amide bonds. The Kier molecular flexibility index (Phi) is 4.79. The highest BCUT2D eigenvalue weighted by Crippen LogP contribution is 2.35. The van der Waals surface area contributed by atoms with Gasteiger partial charge in [-0.1, -0.05) is 20.4 Å². The van der Waals surface area contributed by atoms with E-state index in [9.17, 15) is 13.2 Å². The lowest BCUT2D eigenvalue weighted by Crippen LogP contribution is -2.27. The highest BCUT2D eigenvalue weighted by Gasteiger charge is 2.34. The number of alkyl halides is 3. The second-order valence-corrected chi connectivity index (χ2v) is 10.5. The van der Waals surface area contributed by atoms with Gasteiger partial charge >= 0.3 is 6.18 Å². The van der Waals surface area contributed by atoms with Crippen LogP contribution in [-0.4, -0.2) is 13.6 Å². The van der Waals surface area contributed by atoms with E-state index in [1.807, 2.05) is 20.4 Å². The van der Waals surface area contributed by atoms with E-state index in [1.165, 1.54) is 0 Å². The molecule has 13 heavy (non-hydrogen) atoms. The van der Waals surface area contributed by atoms with Gasteiger partial charge in [-0.3, -0.25) is 0 Å². The zero-order chi connectivity index (χ0) is 10.7. The molecule has 80 valence electrons. The molecule has 0 nitrogen and oxygen atoms in total. The standard InChI is InChI=1S/C8H16ClF3Si/c1-4-13(3,9)7(2)5-6-8(10,11)12/h7H,4-6H2,1-3H3. The molecule has 0 N–H and O–H groups in total. The predicted molar refractivity (Wildman–Crippen MR) is 52.7 cm³/mol. The summed E-state index contributed by atoms with van der Waals surface area (Å²) < 4.78 is 35.6. The van der Waals surface area contributed by atoms with E-state index >= 15 is 0 Å². The zero-order valence-corrected chi connectivity index (χ0v) is 9.97. The fourth-order valence-corrected chi connectivity index (χ4v) is 2.80. The summed E-state index contributed by atoms with van der Waals surface area (Å²) in [6.45, 7) is 5.70. The van der Waals surface area contributed by atoms with Gasteiger partial charge in [0.2, 0.25) is 0 Å². The number of halogens is 4. The average Bonchev–Trinajstić information content (AvgIpc) is 1.98. The summed E-state index contributed by atoms with van der Waals surface area (Å²) in [6, 6.07) is 0.827. The lowest BCUT2D eigenvalue weighted by molar-refractivity contribution is -0.135. The van der Waals surface area contributed by atoms with Crippen LogP contribution in [0.25, 0.3) is 0 Å². The summed E-state index contributed by atoms with van der Waals surface area (Å²) in [7, 11) is -1.91. The van der Waals surface area contributed by atoms with Crippen molar-refractivity contribution in [2.24, 2.45) is 0 Å². The molecule has 0 aliphatic heterocycles. The Bertz CT molecular complexity index is 156. The van der Waals surface area contributed by atoms with E-state index in [-0.39, 0.29) is 12.0 Å². The van der Waals surface area contributed by atoms with Crippen molar-refractivity contribution in [1.29, 1.82) is 0 Å². The molecule has 0 aromatic heterocycles. The molecule has 0 saturated carbocycles. The second kappa shape index (κ2) is 4.69. The Morgan fingerprint density at radius 3 is 2.15 bits per heavy atom. The third-order valence-corrected chi connectivity index (χ3v) is 8.23. The van der Waals surface area contributed by atoms with Crippen LogP contribution in [-0.2, 0) is 0 Å². The Labute approximate surface area is 83.2 Å². The maximum absolute atomic E-state index is 11.9. The lowest BCUT2D eigenvalue weighted by Gasteiger charge is -2.25. The van der Waals surface area contributed by atoms with Crippen molar-refractivity contribution < 1.29 is 13.2 Å². The molecule has 0 aromatic rings. The van der Waals surface area contributed by atoms with Gasteiger partial charge in [-0.15, -0.1) is 0 Å². The molecule has 2 unspecified atom stereocenters. The first-order chi connectivity index (χ1) is 5.69. The molecule has 5 heteroatoms. The Morgan fingerprint density at radius 1 is 1.38 bits per heavy atom. The minimum atomic E-state index is -4.04. The molecule has 0 spiro atoms. The predicted octanol–water partition coefficient (Wildman–Crippen LogP) is 4.55. The van der Waals surface area contributed by atoms with Gasteiger partial charge < -0.3 is 0 Å². The normalized spacial score (nSPS) is 19.6. The summed E-state index contributed by atoms with van der Waals surface area (Å²) in [6.07, 6.45) is -4.57. The number of hydrogen-bond donors (Lipinski definition) is 0. The summed E-state index contributed by atoms with van der Waals surface area (Å²) in [5, 5.41) is 0. The Balaban J connectivity index is 3.95. The number of rotatable bonds is 4. The van der Waals surface area contributed by atoms with Crippen molar-refractivity contribution in [2.75, 3.05) is 0 Å².